The van der Waals surface area contributed by atoms with Crippen LogP contribution in [-0.4, -0.2) is 5.91 Å². The Morgan fingerprint density at radius 2 is 1.61 bits per heavy atom. The zero-order chi connectivity index (χ0) is 12.7. The van der Waals surface area contributed by atoms with Gasteiger partial charge in [0.2, 0.25) is 5.91 Å². The fourth-order valence-corrected chi connectivity index (χ4v) is 2.47. The van der Waals surface area contributed by atoms with Crippen molar-refractivity contribution in [2.24, 2.45) is 0 Å². The first-order valence-electron chi connectivity index (χ1n) is 6.13. The van der Waals surface area contributed by atoms with Gasteiger partial charge in [0, 0.05) is 5.69 Å². The number of nitrogens with one attached hydrogen (secondary N) is 1. The average Bonchev–Trinajstić information content (AvgIpc) is 2.66. The molecule has 0 saturated heterocycles. The molecule has 1 unspecified atom stereocenters. The molecule has 1 amide bonds. The monoisotopic (exact) mass is 237 g/mol. The van der Waals surface area contributed by atoms with Crippen LogP contribution in [0.4, 0.5) is 5.69 Å². The zero-order valence-electron chi connectivity index (χ0n) is 10.5. The van der Waals surface area contributed by atoms with Crippen LogP contribution in [0.25, 0.3) is 0 Å². The van der Waals surface area contributed by atoms with Crippen LogP contribution < -0.4 is 5.32 Å². The van der Waals surface area contributed by atoms with Crippen molar-refractivity contribution >= 4 is 11.6 Å². The van der Waals surface area contributed by atoms with Crippen molar-refractivity contribution in [3.63, 3.8) is 0 Å². The zero-order valence-corrected chi connectivity index (χ0v) is 10.5. The van der Waals surface area contributed by atoms with Gasteiger partial charge >= 0.3 is 0 Å². The Labute approximate surface area is 107 Å². The molecule has 0 radical (unpaired) electrons. The van der Waals surface area contributed by atoms with Gasteiger partial charge in [0.25, 0.3) is 0 Å². The molecule has 1 aliphatic rings. The van der Waals surface area contributed by atoms with E-state index in [0.29, 0.717) is 0 Å². The highest BCUT2D eigenvalue weighted by molar-refractivity contribution is 6.05. The van der Waals surface area contributed by atoms with E-state index in [-0.39, 0.29) is 11.8 Å². The predicted molar refractivity (Wildman–Crippen MR) is 72.8 cm³/mol. The summed E-state index contributed by atoms with van der Waals surface area (Å²) in [4.78, 5) is 12.1. The molecule has 0 aliphatic carbocycles. The number of aryl methyl sites for hydroxylation is 2. The Morgan fingerprint density at radius 3 is 2.33 bits per heavy atom. The Morgan fingerprint density at radius 1 is 0.944 bits per heavy atom. The maximum absolute atomic E-state index is 12.1. The van der Waals surface area contributed by atoms with Gasteiger partial charge in [-0.05, 0) is 31.0 Å². The van der Waals surface area contributed by atoms with E-state index >= 15 is 0 Å². The highest BCUT2D eigenvalue weighted by Crippen LogP contribution is 2.37. The first-order valence-corrected chi connectivity index (χ1v) is 6.13. The van der Waals surface area contributed by atoms with Crippen LogP contribution in [0.3, 0.4) is 0 Å². The second-order valence-corrected chi connectivity index (χ2v) is 4.92. The highest BCUT2D eigenvalue weighted by atomic mass is 16.2. The molecule has 1 heterocycles. The number of benzene rings is 2. The first kappa shape index (κ1) is 11.0. The van der Waals surface area contributed by atoms with Crippen molar-refractivity contribution in [3.05, 3.63) is 64.7 Å². The fraction of sp³-hybridized carbons (Fsp3) is 0.188. The third-order valence-electron chi connectivity index (χ3n) is 3.45. The molecule has 18 heavy (non-hydrogen) atoms. The van der Waals surface area contributed by atoms with Crippen molar-refractivity contribution in [1.29, 1.82) is 0 Å². The van der Waals surface area contributed by atoms with E-state index in [9.17, 15) is 4.79 Å². The van der Waals surface area contributed by atoms with Crippen LogP contribution in [0, 0.1) is 13.8 Å². The molecule has 0 fully saturated rings. The Balaban J connectivity index is 2.11. The van der Waals surface area contributed by atoms with Crippen LogP contribution in [-0.2, 0) is 4.79 Å². The second kappa shape index (κ2) is 3.98. The van der Waals surface area contributed by atoms with Gasteiger partial charge in [-0.3, -0.25) is 4.79 Å². The maximum atomic E-state index is 12.1. The minimum absolute atomic E-state index is 0.0689. The van der Waals surface area contributed by atoms with Crippen molar-refractivity contribution in [2.75, 3.05) is 5.32 Å². The molecule has 2 nitrogen and oxygen atoms in total. The molecule has 0 spiro atoms. The van der Waals surface area contributed by atoms with Crippen LogP contribution in [0.1, 0.15) is 28.2 Å². The lowest BCUT2D eigenvalue weighted by Crippen LogP contribution is -2.13. The molecule has 2 aromatic rings. The van der Waals surface area contributed by atoms with E-state index in [1.807, 2.05) is 24.3 Å². The summed E-state index contributed by atoms with van der Waals surface area (Å²) in [6.07, 6.45) is 0. The standard InChI is InChI=1S/C16H15NO/c1-10-3-6-12(7-4-10)15-13-9-11(2)5-8-14(13)17-16(15)18/h3-9,15H,1-2H3,(H,17,18). The molecule has 0 aromatic heterocycles. The number of carbonyl (C=O) groups excluding carboxylic acids is 1. The van der Waals surface area contributed by atoms with Crippen LogP contribution in [0.5, 0.6) is 0 Å². The molecular weight excluding hydrogens is 222 g/mol. The van der Waals surface area contributed by atoms with Crippen molar-refractivity contribution in [1.82, 2.24) is 0 Å². The van der Waals surface area contributed by atoms with Crippen LogP contribution in [0.15, 0.2) is 42.5 Å². The number of rotatable bonds is 1. The van der Waals surface area contributed by atoms with E-state index in [0.717, 1.165) is 16.8 Å². The summed E-state index contributed by atoms with van der Waals surface area (Å²) in [5.41, 5.74) is 5.48. The molecule has 90 valence electrons. The summed E-state index contributed by atoms with van der Waals surface area (Å²) >= 11 is 0. The van der Waals surface area contributed by atoms with E-state index in [1.165, 1.54) is 11.1 Å². The quantitative estimate of drug-likeness (QED) is 0.809. The minimum Gasteiger partial charge on any atom is -0.325 e. The fourth-order valence-electron chi connectivity index (χ4n) is 2.47. The number of anilines is 1. The van der Waals surface area contributed by atoms with Gasteiger partial charge in [0.05, 0.1) is 5.92 Å². The summed E-state index contributed by atoms with van der Waals surface area (Å²) in [5.74, 6) is -0.0973. The third-order valence-corrected chi connectivity index (χ3v) is 3.45. The number of hydrogen-bond acceptors (Lipinski definition) is 1. The molecule has 3 rings (SSSR count). The van der Waals surface area contributed by atoms with Gasteiger partial charge in [-0.15, -0.1) is 0 Å². The number of carbonyl (C=O) groups is 1. The lowest BCUT2D eigenvalue weighted by atomic mass is 9.91. The molecule has 2 heteroatoms. The molecule has 1 aliphatic heterocycles. The van der Waals surface area contributed by atoms with Gasteiger partial charge in [-0.1, -0.05) is 47.5 Å². The third kappa shape index (κ3) is 1.70. The van der Waals surface area contributed by atoms with Gasteiger partial charge in [-0.25, -0.2) is 0 Å². The predicted octanol–water partition coefficient (Wildman–Crippen LogP) is 3.39. The van der Waals surface area contributed by atoms with Gasteiger partial charge in [-0.2, -0.15) is 0 Å². The molecule has 1 atom stereocenters. The number of hydrogen-bond donors (Lipinski definition) is 1. The van der Waals surface area contributed by atoms with Crippen molar-refractivity contribution in [3.8, 4) is 0 Å². The number of fused-ring (bicyclic) bond motifs is 1. The molecule has 2 aromatic carbocycles. The van der Waals surface area contributed by atoms with E-state index in [4.69, 9.17) is 0 Å². The SMILES string of the molecule is Cc1ccc(C2C(=O)Nc3ccc(C)cc32)cc1. The first-order chi connectivity index (χ1) is 8.65. The Hall–Kier alpha value is -2.09. The summed E-state index contributed by atoms with van der Waals surface area (Å²) in [6.45, 7) is 4.10. The van der Waals surface area contributed by atoms with E-state index in [1.54, 1.807) is 0 Å². The molecular formula is C16H15NO. The molecule has 1 N–H and O–H groups in total. The van der Waals surface area contributed by atoms with Gasteiger partial charge in [0.1, 0.15) is 0 Å². The minimum atomic E-state index is -0.166. The van der Waals surface area contributed by atoms with E-state index in [2.05, 4.69) is 37.4 Å². The molecule has 0 bridgehead atoms. The van der Waals surface area contributed by atoms with Gasteiger partial charge in [0.15, 0.2) is 0 Å². The smallest absolute Gasteiger partial charge is 0.236 e. The maximum Gasteiger partial charge on any atom is 0.236 e. The van der Waals surface area contributed by atoms with Crippen LogP contribution >= 0.6 is 0 Å². The van der Waals surface area contributed by atoms with Gasteiger partial charge < -0.3 is 5.32 Å². The number of amides is 1. The largest absolute Gasteiger partial charge is 0.325 e. The topological polar surface area (TPSA) is 29.1 Å². The van der Waals surface area contributed by atoms with Crippen molar-refractivity contribution in [2.45, 2.75) is 19.8 Å². The average molecular weight is 237 g/mol. The lowest BCUT2D eigenvalue weighted by molar-refractivity contribution is -0.116. The highest BCUT2D eigenvalue weighted by Gasteiger charge is 2.31. The second-order valence-electron chi connectivity index (χ2n) is 4.92. The summed E-state index contributed by atoms with van der Waals surface area (Å²) in [7, 11) is 0. The van der Waals surface area contributed by atoms with Crippen molar-refractivity contribution < 1.29 is 4.79 Å². The molecule has 0 saturated carbocycles. The lowest BCUT2D eigenvalue weighted by Gasteiger charge is -2.10. The van der Waals surface area contributed by atoms with Crippen LogP contribution in [0.2, 0.25) is 0 Å². The summed E-state index contributed by atoms with van der Waals surface area (Å²) < 4.78 is 0. The Kier molecular flexibility index (Phi) is 2.44. The summed E-state index contributed by atoms with van der Waals surface area (Å²) in [5, 5.41) is 2.95. The summed E-state index contributed by atoms with van der Waals surface area (Å²) in [6, 6.07) is 14.3. The Bertz CT molecular complexity index is 613. The van der Waals surface area contributed by atoms with E-state index < -0.39 is 0 Å². The normalized spacial score (nSPS) is 17.4.